The molecule has 3 rings (SSSR count). The van der Waals surface area contributed by atoms with Gasteiger partial charge in [-0.2, -0.15) is 4.57 Å². The topological polar surface area (TPSA) is 50.3 Å². The van der Waals surface area contributed by atoms with E-state index >= 15 is 0 Å². The minimum atomic E-state index is -0.363. The van der Waals surface area contributed by atoms with Crippen molar-refractivity contribution < 1.29 is 9.49 Å². The molecule has 1 aliphatic rings. The summed E-state index contributed by atoms with van der Waals surface area (Å²) < 4.78 is 2.25. The number of benzene rings is 1. The third-order valence-corrected chi connectivity index (χ3v) is 4.15. The van der Waals surface area contributed by atoms with Crippen LogP contribution in [0.3, 0.4) is 0 Å². The molecule has 1 aromatic heterocycles. The highest BCUT2D eigenvalue weighted by Crippen LogP contribution is 2.25. The molecule has 1 atom stereocenters. The van der Waals surface area contributed by atoms with Crippen LogP contribution in [-0.4, -0.2) is 18.0 Å². The van der Waals surface area contributed by atoms with E-state index in [9.17, 15) is 10.1 Å². The molecule has 0 bridgehead atoms. The van der Waals surface area contributed by atoms with Gasteiger partial charge in [0, 0.05) is 30.8 Å². The second-order valence-corrected chi connectivity index (χ2v) is 5.39. The summed E-state index contributed by atoms with van der Waals surface area (Å²) >= 11 is 1.70. The molecule has 2 heterocycles. The van der Waals surface area contributed by atoms with E-state index in [1.165, 1.54) is 0 Å². The lowest BCUT2D eigenvalue weighted by atomic mass is 10.2. The molecular weight excluding hydrogens is 262 g/mol. The molecule has 1 unspecified atom stereocenters. The van der Waals surface area contributed by atoms with Crippen molar-refractivity contribution >= 4 is 22.7 Å². The van der Waals surface area contributed by atoms with E-state index in [1.54, 1.807) is 23.5 Å². The Morgan fingerprint density at radius 1 is 1.37 bits per heavy atom. The van der Waals surface area contributed by atoms with E-state index < -0.39 is 0 Å². The predicted molar refractivity (Wildman–Crippen MR) is 73.5 cm³/mol. The van der Waals surface area contributed by atoms with Crippen molar-refractivity contribution in [2.45, 2.75) is 12.5 Å². The van der Waals surface area contributed by atoms with Gasteiger partial charge in [-0.05, 0) is 12.1 Å². The largest absolute Gasteiger partial charge is 0.365 e. The van der Waals surface area contributed by atoms with Gasteiger partial charge < -0.3 is 4.90 Å². The summed E-state index contributed by atoms with van der Waals surface area (Å²) in [5.41, 5.74) is 3.33. The van der Waals surface area contributed by atoms with Gasteiger partial charge in [-0.3, -0.25) is 10.1 Å². The Morgan fingerprint density at radius 2 is 2.16 bits per heavy atom. The summed E-state index contributed by atoms with van der Waals surface area (Å²) in [6, 6.07) is 7.31. The smallest absolute Gasteiger partial charge is 0.269 e. The van der Waals surface area contributed by atoms with Crippen molar-refractivity contribution in [3.63, 3.8) is 0 Å². The molecule has 1 aliphatic heterocycles. The van der Waals surface area contributed by atoms with E-state index in [2.05, 4.69) is 26.6 Å². The van der Waals surface area contributed by atoms with Gasteiger partial charge in [0.2, 0.25) is 5.51 Å². The Morgan fingerprint density at radius 3 is 2.79 bits per heavy atom. The zero-order chi connectivity index (χ0) is 13.2. The Bertz CT molecular complexity index is 568. The Labute approximate surface area is 114 Å². The lowest BCUT2D eigenvalue weighted by Gasteiger charge is -2.16. The quantitative estimate of drug-likeness (QED) is 0.491. The van der Waals surface area contributed by atoms with E-state index in [0.29, 0.717) is 6.04 Å². The van der Waals surface area contributed by atoms with Gasteiger partial charge in [-0.15, -0.1) is 0 Å². The number of aromatic nitrogens is 1. The monoisotopic (exact) mass is 276 g/mol. The number of non-ortho nitro benzene ring substituents is 1. The summed E-state index contributed by atoms with van der Waals surface area (Å²) in [6.07, 6.45) is 3.22. The molecule has 0 saturated carbocycles. The molecule has 0 N–H and O–H groups in total. The number of anilines is 1. The second-order valence-electron chi connectivity index (χ2n) is 4.64. The molecular formula is C13H14N3O2S+. The molecule has 2 aromatic rings. The number of rotatable bonds is 3. The van der Waals surface area contributed by atoms with Crippen LogP contribution in [0.1, 0.15) is 12.5 Å². The van der Waals surface area contributed by atoms with E-state index in [4.69, 9.17) is 0 Å². The predicted octanol–water partition coefficient (Wildman–Crippen LogP) is 2.40. The molecule has 0 spiro atoms. The van der Waals surface area contributed by atoms with Crippen LogP contribution in [0.4, 0.5) is 11.4 Å². The van der Waals surface area contributed by atoms with E-state index in [1.807, 2.05) is 12.1 Å². The fraction of sp³-hybridized carbons (Fsp3) is 0.308. The van der Waals surface area contributed by atoms with Gasteiger partial charge in [-0.1, -0.05) is 11.3 Å². The van der Waals surface area contributed by atoms with Crippen LogP contribution in [0.5, 0.6) is 0 Å². The van der Waals surface area contributed by atoms with Crippen molar-refractivity contribution in [1.82, 2.24) is 0 Å². The third-order valence-electron chi connectivity index (χ3n) is 3.50. The normalized spacial score (nSPS) is 18.7. The molecule has 0 aliphatic carbocycles. The lowest BCUT2D eigenvalue weighted by molar-refractivity contribution is -0.714. The molecule has 1 aromatic carbocycles. The fourth-order valence-electron chi connectivity index (χ4n) is 2.46. The third kappa shape index (κ3) is 2.44. The number of hydrogen-bond donors (Lipinski definition) is 0. The van der Waals surface area contributed by atoms with Crippen LogP contribution in [0.25, 0.3) is 0 Å². The van der Waals surface area contributed by atoms with Crippen LogP contribution in [-0.2, 0) is 0 Å². The molecule has 0 radical (unpaired) electrons. The fourth-order valence-corrected chi connectivity index (χ4v) is 3.12. The molecule has 5 nitrogen and oxygen atoms in total. The number of nitro benzene ring substituents is 1. The Hall–Kier alpha value is -1.95. The molecule has 98 valence electrons. The molecule has 1 saturated heterocycles. The standard InChI is InChI=1S/C13H14N3O2S/c17-16(18)12-3-1-11(2-4-12)14-6-5-13(9-14)15-7-8-19-10-15/h1-4,7-8,10,13H,5-6,9H2/q+1. The van der Waals surface area contributed by atoms with E-state index in [0.717, 1.165) is 25.2 Å². The second kappa shape index (κ2) is 4.97. The van der Waals surface area contributed by atoms with Gasteiger partial charge in [0.1, 0.15) is 0 Å². The summed E-state index contributed by atoms with van der Waals surface area (Å²) in [7, 11) is 0. The highest BCUT2D eigenvalue weighted by molar-refractivity contribution is 7.07. The van der Waals surface area contributed by atoms with Crippen molar-refractivity contribution in [2.24, 2.45) is 0 Å². The first kappa shape index (κ1) is 12.1. The minimum Gasteiger partial charge on any atom is -0.365 e. The average Bonchev–Trinajstić information content (AvgIpc) is 3.10. The summed E-state index contributed by atoms with van der Waals surface area (Å²) in [5, 5.41) is 12.7. The van der Waals surface area contributed by atoms with Gasteiger partial charge in [0.05, 0.1) is 16.8 Å². The zero-order valence-corrected chi connectivity index (χ0v) is 11.1. The van der Waals surface area contributed by atoms with Crippen molar-refractivity contribution in [3.05, 3.63) is 51.5 Å². The molecule has 6 heteroatoms. The van der Waals surface area contributed by atoms with Crippen LogP contribution in [0, 0.1) is 10.1 Å². The first-order valence-electron chi connectivity index (χ1n) is 6.16. The number of thiazole rings is 1. The maximum Gasteiger partial charge on any atom is 0.269 e. The number of nitro groups is 1. The van der Waals surface area contributed by atoms with Crippen molar-refractivity contribution in [1.29, 1.82) is 0 Å². The van der Waals surface area contributed by atoms with Crippen LogP contribution >= 0.6 is 11.3 Å². The van der Waals surface area contributed by atoms with Gasteiger partial charge >= 0.3 is 0 Å². The SMILES string of the molecule is O=[N+]([O-])c1ccc(N2CCC([n+]3ccsc3)C2)cc1. The van der Waals surface area contributed by atoms with Crippen LogP contribution < -0.4 is 9.47 Å². The van der Waals surface area contributed by atoms with E-state index in [-0.39, 0.29) is 10.6 Å². The Kier molecular flexibility index (Phi) is 3.16. The molecule has 0 amide bonds. The van der Waals surface area contributed by atoms with Crippen LogP contribution in [0.15, 0.2) is 41.4 Å². The number of hydrogen-bond acceptors (Lipinski definition) is 4. The van der Waals surface area contributed by atoms with Gasteiger partial charge in [0.25, 0.3) is 5.69 Å². The summed E-state index contributed by atoms with van der Waals surface area (Å²) in [6.45, 7) is 1.95. The van der Waals surface area contributed by atoms with Gasteiger partial charge in [-0.25, -0.2) is 0 Å². The maximum absolute atomic E-state index is 10.6. The number of nitrogens with zero attached hydrogens (tertiary/aromatic N) is 3. The summed E-state index contributed by atoms with van der Waals surface area (Å²) in [5.74, 6) is 0. The average molecular weight is 276 g/mol. The first-order valence-corrected chi connectivity index (χ1v) is 7.10. The van der Waals surface area contributed by atoms with Crippen molar-refractivity contribution in [2.75, 3.05) is 18.0 Å². The highest BCUT2D eigenvalue weighted by Gasteiger charge is 2.29. The molecule has 19 heavy (non-hydrogen) atoms. The maximum atomic E-state index is 10.6. The lowest BCUT2D eigenvalue weighted by Crippen LogP contribution is -2.38. The molecule has 1 fully saturated rings. The Balaban J connectivity index is 1.72. The zero-order valence-electron chi connectivity index (χ0n) is 10.3. The van der Waals surface area contributed by atoms with Gasteiger partial charge in [0.15, 0.2) is 12.2 Å². The highest BCUT2D eigenvalue weighted by atomic mass is 32.1. The van der Waals surface area contributed by atoms with Crippen LogP contribution in [0.2, 0.25) is 0 Å². The van der Waals surface area contributed by atoms with Crippen molar-refractivity contribution in [3.8, 4) is 0 Å². The minimum absolute atomic E-state index is 0.145. The first-order chi connectivity index (χ1) is 9.24. The summed E-state index contributed by atoms with van der Waals surface area (Å²) in [4.78, 5) is 12.5.